The predicted molar refractivity (Wildman–Crippen MR) is 73.1 cm³/mol. The lowest BCUT2D eigenvalue weighted by Gasteiger charge is -2.02. The van der Waals surface area contributed by atoms with Crippen molar-refractivity contribution in [2.75, 3.05) is 11.1 Å². The Morgan fingerprint density at radius 1 is 1.26 bits per heavy atom. The van der Waals surface area contributed by atoms with Gasteiger partial charge >= 0.3 is 0 Å². The van der Waals surface area contributed by atoms with Gasteiger partial charge in [0.15, 0.2) is 5.58 Å². The minimum Gasteiger partial charge on any atom is -0.423 e. The van der Waals surface area contributed by atoms with E-state index in [0.717, 1.165) is 0 Å². The number of halogens is 2. The molecule has 3 aromatic rings. The van der Waals surface area contributed by atoms with E-state index in [9.17, 15) is 4.39 Å². The number of benzene rings is 2. The van der Waals surface area contributed by atoms with Crippen LogP contribution in [0.5, 0.6) is 0 Å². The van der Waals surface area contributed by atoms with Crippen molar-refractivity contribution in [3.63, 3.8) is 0 Å². The fourth-order valence-electron chi connectivity index (χ4n) is 1.73. The number of nitrogens with two attached hydrogens (primary N) is 1. The number of rotatable bonds is 2. The molecule has 0 bridgehead atoms. The summed E-state index contributed by atoms with van der Waals surface area (Å²) in [5.41, 5.74) is 7.59. The van der Waals surface area contributed by atoms with Gasteiger partial charge < -0.3 is 15.5 Å². The molecule has 0 aliphatic rings. The van der Waals surface area contributed by atoms with Crippen LogP contribution in [0.4, 0.5) is 21.8 Å². The Bertz CT molecular complexity index is 757. The quantitative estimate of drug-likeness (QED) is 0.696. The Balaban J connectivity index is 1.99. The molecule has 0 aliphatic carbocycles. The van der Waals surface area contributed by atoms with Crippen LogP contribution in [0.15, 0.2) is 40.8 Å². The summed E-state index contributed by atoms with van der Waals surface area (Å²) in [5.74, 6) is -0.484. The molecule has 0 unspecified atom stereocenters. The van der Waals surface area contributed by atoms with Crippen LogP contribution in [-0.2, 0) is 0 Å². The third-order valence-electron chi connectivity index (χ3n) is 2.62. The number of fused-ring (bicyclic) bond motifs is 1. The normalized spacial score (nSPS) is 10.8. The molecule has 0 saturated heterocycles. The molecule has 19 heavy (non-hydrogen) atoms. The zero-order valence-electron chi connectivity index (χ0n) is 9.65. The van der Waals surface area contributed by atoms with Crippen LogP contribution in [0.25, 0.3) is 11.1 Å². The van der Waals surface area contributed by atoms with Gasteiger partial charge in [0.25, 0.3) is 6.01 Å². The lowest BCUT2D eigenvalue weighted by atomic mass is 10.3. The summed E-state index contributed by atoms with van der Waals surface area (Å²) in [5, 5.41) is 3.07. The molecule has 0 radical (unpaired) electrons. The van der Waals surface area contributed by atoms with Crippen molar-refractivity contribution in [1.82, 2.24) is 4.98 Å². The van der Waals surface area contributed by atoms with Crippen LogP contribution < -0.4 is 11.1 Å². The summed E-state index contributed by atoms with van der Waals surface area (Å²) in [6.45, 7) is 0. The van der Waals surface area contributed by atoms with E-state index in [-0.39, 0.29) is 11.7 Å². The number of para-hydroxylation sites is 1. The molecule has 2 aromatic carbocycles. The first kappa shape index (κ1) is 11.8. The molecule has 6 heteroatoms. The van der Waals surface area contributed by atoms with Crippen molar-refractivity contribution < 1.29 is 8.81 Å². The van der Waals surface area contributed by atoms with Crippen molar-refractivity contribution in [2.24, 2.45) is 0 Å². The van der Waals surface area contributed by atoms with Crippen LogP contribution >= 0.6 is 11.6 Å². The van der Waals surface area contributed by atoms with Gasteiger partial charge in [-0.1, -0.05) is 17.7 Å². The molecule has 3 rings (SSSR count). The number of nitrogens with zero attached hydrogens (tertiary/aromatic N) is 1. The van der Waals surface area contributed by atoms with E-state index in [0.29, 0.717) is 21.8 Å². The highest BCUT2D eigenvalue weighted by atomic mass is 35.5. The van der Waals surface area contributed by atoms with E-state index in [1.54, 1.807) is 24.3 Å². The van der Waals surface area contributed by atoms with E-state index in [4.69, 9.17) is 21.8 Å². The number of hydrogen-bond acceptors (Lipinski definition) is 4. The molecule has 1 aromatic heterocycles. The summed E-state index contributed by atoms with van der Waals surface area (Å²) >= 11 is 5.68. The van der Waals surface area contributed by atoms with E-state index in [2.05, 4.69) is 10.3 Å². The molecule has 0 fully saturated rings. The summed E-state index contributed by atoms with van der Waals surface area (Å²) < 4.78 is 19.1. The average Bonchev–Trinajstić information content (AvgIpc) is 2.77. The van der Waals surface area contributed by atoms with Gasteiger partial charge in [-0.05, 0) is 30.3 Å². The van der Waals surface area contributed by atoms with Gasteiger partial charge in [-0.2, -0.15) is 4.98 Å². The molecule has 0 aliphatic heterocycles. The fraction of sp³-hybridized carbons (Fsp3) is 0. The molecule has 0 spiro atoms. The zero-order chi connectivity index (χ0) is 13.4. The number of hydrogen-bond donors (Lipinski definition) is 2. The Labute approximate surface area is 113 Å². The highest BCUT2D eigenvalue weighted by Crippen LogP contribution is 2.27. The summed E-state index contributed by atoms with van der Waals surface area (Å²) in [6.07, 6.45) is 0. The van der Waals surface area contributed by atoms with Crippen LogP contribution in [0.2, 0.25) is 5.02 Å². The minimum absolute atomic E-state index is 0.175. The maximum absolute atomic E-state index is 13.6. The van der Waals surface area contributed by atoms with Crippen molar-refractivity contribution >= 4 is 40.1 Å². The summed E-state index contributed by atoms with van der Waals surface area (Å²) in [4.78, 5) is 4.17. The highest BCUT2D eigenvalue weighted by Gasteiger charge is 2.10. The Morgan fingerprint density at radius 3 is 2.84 bits per heavy atom. The molecule has 96 valence electrons. The standard InChI is InChI=1S/C13H9ClFN3O/c14-7-4-5-10(8(15)6-7)17-13-18-12-9(16)2-1-3-11(12)19-13/h1-6H,16H2,(H,17,18). The molecule has 4 nitrogen and oxygen atoms in total. The second kappa shape index (κ2) is 4.44. The lowest BCUT2D eigenvalue weighted by Crippen LogP contribution is -1.93. The SMILES string of the molecule is Nc1cccc2oc(Nc3ccc(Cl)cc3F)nc12. The third-order valence-corrected chi connectivity index (χ3v) is 2.86. The maximum Gasteiger partial charge on any atom is 0.300 e. The van der Waals surface area contributed by atoms with Gasteiger partial charge in [0.1, 0.15) is 11.3 Å². The first-order valence-electron chi connectivity index (χ1n) is 5.50. The van der Waals surface area contributed by atoms with Gasteiger partial charge in [-0.3, -0.25) is 0 Å². The summed E-state index contributed by atoms with van der Waals surface area (Å²) in [6, 6.07) is 9.68. The monoisotopic (exact) mass is 277 g/mol. The van der Waals surface area contributed by atoms with Gasteiger partial charge in [-0.15, -0.1) is 0 Å². The number of nitrogen functional groups attached to an aromatic ring is 1. The highest BCUT2D eigenvalue weighted by molar-refractivity contribution is 6.30. The van der Waals surface area contributed by atoms with E-state index < -0.39 is 5.82 Å². The minimum atomic E-state index is -0.484. The van der Waals surface area contributed by atoms with Crippen molar-refractivity contribution in [2.45, 2.75) is 0 Å². The molecule has 1 heterocycles. The van der Waals surface area contributed by atoms with Crippen molar-refractivity contribution in [3.8, 4) is 0 Å². The van der Waals surface area contributed by atoms with Crippen molar-refractivity contribution in [1.29, 1.82) is 0 Å². The fourth-order valence-corrected chi connectivity index (χ4v) is 1.89. The van der Waals surface area contributed by atoms with Gasteiger partial charge in [0, 0.05) is 5.02 Å². The van der Waals surface area contributed by atoms with Crippen LogP contribution in [0.1, 0.15) is 0 Å². The second-order valence-corrected chi connectivity index (χ2v) is 4.40. The summed E-state index contributed by atoms with van der Waals surface area (Å²) in [7, 11) is 0. The largest absolute Gasteiger partial charge is 0.423 e. The smallest absolute Gasteiger partial charge is 0.300 e. The van der Waals surface area contributed by atoms with Crippen LogP contribution in [0.3, 0.4) is 0 Å². The molecule has 0 saturated carbocycles. The molecular formula is C13H9ClFN3O. The molecule has 0 amide bonds. The molecule has 3 N–H and O–H groups in total. The lowest BCUT2D eigenvalue weighted by molar-refractivity contribution is 0.611. The van der Waals surface area contributed by atoms with Crippen molar-refractivity contribution in [3.05, 3.63) is 47.2 Å². The first-order valence-corrected chi connectivity index (χ1v) is 5.88. The van der Waals surface area contributed by atoms with E-state index in [1.165, 1.54) is 12.1 Å². The Hall–Kier alpha value is -2.27. The Kier molecular flexibility index (Phi) is 2.76. The first-order chi connectivity index (χ1) is 9.13. The Morgan fingerprint density at radius 2 is 2.11 bits per heavy atom. The number of oxazole rings is 1. The molecule has 0 atom stereocenters. The number of nitrogens with one attached hydrogen (secondary N) is 1. The average molecular weight is 278 g/mol. The number of aromatic nitrogens is 1. The second-order valence-electron chi connectivity index (χ2n) is 3.96. The van der Waals surface area contributed by atoms with E-state index in [1.807, 2.05) is 0 Å². The van der Waals surface area contributed by atoms with Gasteiger partial charge in [0.2, 0.25) is 0 Å². The molecular weight excluding hydrogens is 269 g/mol. The number of anilines is 3. The van der Waals surface area contributed by atoms with Gasteiger partial charge in [0.05, 0.1) is 11.4 Å². The predicted octanol–water partition coefficient (Wildman–Crippen LogP) is 3.95. The maximum atomic E-state index is 13.6. The van der Waals surface area contributed by atoms with E-state index >= 15 is 0 Å². The van der Waals surface area contributed by atoms with Crippen LogP contribution in [0, 0.1) is 5.82 Å². The van der Waals surface area contributed by atoms with Gasteiger partial charge in [-0.25, -0.2) is 4.39 Å². The zero-order valence-corrected chi connectivity index (χ0v) is 10.4. The topological polar surface area (TPSA) is 64.1 Å². The third kappa shape index (κ3) is 2.20. The van der Waals surface area contributed by atoms with Crippen LogP contribution in [-0.4, -0.2) is 4.98 Å².